The molecule has 1 saturated carbocycles. The summed E-state index contributed by atoms with van der Waals surface area (Å²) in [5.41, 5.74) is 0.849. The van der Waals surface area contributed by atoms with E-state index in [9.17, 15) is 4.79 Å². The van der Waals surface area contributed by atoms with Gasteiger partial charge >= 0.3 is 0 Å². The Morgan fingerprint density at radius 1 is 1.40 bits per heavy atom. The number of carbonyl (C=O) groups excluding carboxylic acids is 1. The van der Waals surface area contributed by atoms with Crippen molar-refractivity contribution in [3.05, 3.63) is 22.9 Å². The van der Waals surface area contributed by atoms with E-state index in [-0.39, 0.29) is 6.04 Å². The van der Waals surface area contributed by atoms with Crippen molar-refractivity contribution in [3.63, 3.8) is 0 Å². The highest BCUT2D eigenvalue weighted by Gasteiger charge is 2.29. The molecule has 0 spiro atoms. The van der Waals surface area contributed by atoms with Crippen LogP contribution in [0.25, 0.3) is 11.0 Å². The van der Waals surface area contributed by atoms with Gasteiger partial charge in [-0.2, -0.15) is 5.10 Å². The number of nitrogens with zero attached hydrogens (tertiary/aromatic N) is 3. The number of halogens is 1. The highest BCUT2D eigenvalue weighted by molar-refractivity contribution is 9.10. The van der Waals surface area contributed by atoms with Crippen molar-refractivity contribution in [2.45, 2.75) is 18.9 Å². The fourth-order valence-electron chi connectivity index (χ4n) is 1.81. The maximum atomic E-state index is 10.9. The number of ketones is 1. The van der Waals surface area contributed by atoms with Gasteiger partial charge in [0.1, 0.15) is 10.4 Å². The maximum Gasteiger partial charge on any atom is 0.159 e. The molecule has 5 heteroatoms. The van der Waals surface area contributed by atoms with Gasteiger partial charge in [0.05, 0.1) is 12.2 Å². The molecule has 0 atom stereocenters. The van der Waals surface area contributed by atoms with Crippen LogP contribution in [0.15, 0.2) is 22.9 Å². The molecule has 0 aliphatic heterocycles. The van der Waals surface area contributed by atoms with Crippen LogP contribution in [0.2, 0.25) is 0 Å². The van der Waals surface area contributed by atoms with Crippen LogP contribution < -0.4 is 0 Å². The van der Waals surface area contributed by atoms with Crippen LogP contribution in [0.4, 0.5) is 0 Å². The first-order valence-electron chi connectivity index (χ1n) is 4.75. The number of hydrogen-bond acceptors (Lipinski definition) is 3. The minimum atomic E-state index is 0.205. The predicted molar refractivity (Wildman–Crippen MR) is 58.5 cm³/mol. The third kappa shape index (κ3) is 1.38. The van der Waals surface area contributed by atoms with Crippen molar-refractivity contribution < 1.29 is 4.79 Å². The average Bonchev–Trinajstić information content (AvgIpc) is 2.56. The van der Waals surface area contributed by atoms with Gasteiger partial charge in [-0.3, -0.25) is 4.79 Å². The summed E-state index contributed by atoms with van der Waals surface area (Å²) in [6.07, 6.45) is 2.97. The number of rotatable bonds is 1. The molecular weight excluding hydrogens is 258 g/mol. The van der Waals surface area contributed by atoms with Crippen molar-refractivity contribution in [2.75, 3.05) is 0 Å². The maximum absolute atomic E-state index is 10.9. The Balaban J connectivity index is 2.11. The molecule has 0 amide bonds. The Morgan fingerprint density at radius 3 is 2.93 bits per heavy atom. The molecule has 76 valence electrons. The topological polar surface area (TPSA) is 47.8 Å². The zero-order valence-electron chi connectivity index (χ0n) is 7.85. The molecule has 0 unspecified atom stereocenters. The first-order valence-corrected chi connectivity index (χ1v) is 5.55. The Labute approximate surface area is 94.4 Å². The van der Waals surface area contributed by atoms with E-state index in [1.807, 2.05) is 16.8 Å². The molecule has 4 nitrogen and oxygen atoms in total. The van der Waals surface area contributed by atoms with Gasteiger partial charge in [0.2, 0.25) is 0 Å². The fraction of sp³-hybridized carbons (Fsp3) is 0.300. The summed E-state index contributed by atoms with van der Waals surface area (Å²) >= 11 is 3.33. The Morgan fingerprint density at radius 2 is 2.20 bits per heavy atom. The van der Waals surface area contributed by atoms with Crippen molar-refractivity contribution in [1.29, 1.82) is 0 Å². The molecule has 3 rings (SSSR count). The van der Waals surface area contributed by atoms with E-state index >= 15 is 0 Å². The lowest BCUT2D eigenvalue weighted by atomic mass is 9.91. The molecule has 0 N–H and O–H groups in total. The molecule has 1 aliphatic carbocycles. The molecule has 15 heavy (non-hydrogen) atoms. The van der Waals surface area contributed by atoms with E-state index in [4.69, 9.17) is 0 Å². The molecule has 0 saturated heterocycles. The molecule has 0 bridgehead atoms. The number of Topliss-reactive ketones (excluding diaryl/α,β-unsaturated/α-hetero) is 1. The second kappa shape index (κ2) is 3.13. The minimum Gasteiger partial charge on any atom is -0.300 e. The van der Waals surface area contributed by atoms with Crippen LogP contribution in [-0.2, 0) is 4.79 Å². The van der Waals surface area contributed by atoms with Crippen molar-refractivity contribution >= 4 is 32.7 Å². The van der Waals surface area contributed by atoms with Gasteiger partial charge in [0.25, 0.3) is 0 Å². The van der Waals surface area contributed by atoms with Crippen LogP contribution in [0, 0.1) is 0 Å². The average molecular weight is 266 g/mol. The molecule has 2 heterocycles. The molecule has 0 radical (unpaired) electrons. The molecule has 1 fully saturated rings. The van der Waals surface area contributed by atoms with Crippen LogP contribution in [-0.4, -0.2) is 20.5 Å². The summed E-state index contributed by atoms with van der Waals surface area (Å²) in [4.78, 5) is 15.3. The molecule has 2 aromatic heterocycles. The Hall–Kier alpha value is -1.23. The van der Waals surface area contributed by atoms with Crippen molar-refractivity contribution in [1.82, 2.24) is 14.8 Å². The quantitative estimate of drug-likeness (QED) is 0.742. The Bertz CT molecular complexity index is 541. The minimum absolute atomic E-state index is 0.205. The highest BCUT2D eigenvalue weighted by atomic mass is 79.9. The normalized spacial score (nSPS) is 17.0. The molecule has 0 aromatic carbocycles. The summed E-state index contributed by atoms with van der Waals surface area (Å²) in [7, 11) is 0. The number of carbonyl (C=O) groups is 1. The first-order chi connectivity index (χ1) is 7.24. The van der Waals surface area contributed by atoms with Crippen LogP contribution in [0.5, 0.6) is 0 Å². The lowest BCUT2D eigenvalue weighted by molar-refractivity contribution is -0.126. The highest BCUT2D eigenvalue weighted by Crippen LogP contribution is 2.30. The summed E-state index contributed by atoms with van der Waals surface area (Å²) in [5, 5.41) is 5.29. The van der Waals surface area contributed by atoms with E-state index < -0.39 is 0 Å². The van der Waals surface area contributed by atoms with E-state index in [0.717, 1.165) is 15.6 Å². The molecular formula is C10H8BrN3O. The van der Waals surface area contributed by atoms with E-state index in [1.54, 1.807) is 6.20 Å². The number of aromatic nitrogens is 3. The van der Waals surface area contributed by atoms with Crippen molar-refractivity contribution in [2.24, 2.45) is 0 Å². The van der Waals surface area contributed by atoms with Gasteiger partial charge in [-0.15, -0.1) is 0 Å². The zero-order valence-corrected chi connectivity index (χ0v) is 9.44. The van der Waals surface area contributed by atoms with Crippen LogP contribution >= 0.6 is 15.9 Å². The fourth-order valence-corrected chi connectivity index (χ4v) is 2.11. The number of pyridine rings is 1. The van der Waals surface area contributed by atoms with Gasteiger partial charge in [-0.25, -0.2) is 9.67 Å². The standard InChI is InChI=1S/C10H8BrN3O/c11-9-2-1-6-5-12-14(10(6)13-9)7-3-8(15)4-7/h1-2,5,7H,3-4H2. The lowest BCUT2D eigenvalue weighted by Gasteiger charge is -2.24. The monoisotopic (exact) mass is 265 g/mol. The van der Waals surface area contributed by atoms with E-state index in [0.29, 0.717) is 18.6 Å². The lowest BCUT2D eigenvalue weighted by Crippen LogP contribution is -2.27. The van der Waals surface area contributed by atoms with Crippen molar-refractivity contribution in [3.8, 4) is 0 Å². The number of fused-ring (bicyclic) bond motifs is 1. The van der Waals surface area contributed by atoms with Gasteiger partial charge in [0.15, 0.2) is 5.65 Å². The van der Waals surface area contributed by atoms with Gasteiger partial charge in [0, 0.05) is 18.2 Å². The summed E-state index contributed by atoms with van der Waals surface area (Å²) < 4.78 is 2.64. The predicted octanol–water partition coefficient (Wildman–Crippen LogP) is 2.10. The summed E-state index contributed by atoms with van der Waals surface area (Å²) in [6, 6.07) is 4.06. The molecule has 2 aromatic rings. The Kier molecular flexibility index (Phi) is 1.88. The van der Waals surface area contributed by atoms with E-state index in [2.05, 4.69) is 26.0 Å². The second-order valence-corrected chi connectivity index (χ2v) is 4.55. The largest absolute Gasteiger partial charge is 0.300 e. The first kappa shape index (κ1) is 9.03. The van der Waals surface area contributed by atoms with Gasteiger partial charge in [-0.05, 0) is 28.1 Å². The van der Waals surface area contributed by atoms with Gasteiger partial charge < -0.3 is 0 Å². The van der Waals surface area contributed by atoms with Crippen LogP contribution in [0.3, 0.4) is 0 Å². The van der Waals surface area contributed by atoms with E-state index in [1.165, 1.54) is 0 Å². The number of hydrogen-bond donors (Lipinski definition) is 0. The van der Waals surface area contributed by atoms with Crippen LogP contribution in [0.1, 0.15) is 18.9 Å². The third-order valence-electron chi connectivity index (χ3n) is 2.68. The van der Waals surface area contributed by atoms with Gasteiger partial charge in [-0.1, -0.05) is 0 Å². The molecule has 1 aliphatic rings. The second-order valence-electron chi connectivity index (χ2n) is 3.74. The summed E-state index contributed by atoms with van der Waals surface area (Å²) in [5.74, 6) is 0.304. The third-order valence-corrected chi connectivity index (χ3v) is 3.12. The smallest absolute Gasteiger partial charge is 0.159 e. The SMILES string of the molecule is O=C1CC(n2ncc3ccc(Br)nc32)C1. The summed E-state index contributed by atoms with van der Waals surface area (Å²) in [6.45, 7) is 0. The zero-order chi connectivity index (χ0) is 10.4.